The fourth-order valence-electron chi connectivity index (χ4n) is 4.33. The molecule has 37 heavy (non-hydrogen) atoms. The average molecular weight is 597 g/mol. The minimum Gasteiger partial charge on any atom is -0.390 e. The summed E-state index contributed by atoms with van der Waals surface area (Å²) in [7, 11) is -9.52. The number of rotatable bonds is 9. The van der Waals surface area contributed by atoms with E-state index in [1.165, 1.54) is 11.6 Å². The molecule has 202 valence electrons. The molecule has 14 nitrogen and oxygen atoms in total. The smallest absolute Gasteiger partial charge is 0.340 e. The van der Waals surface area contributed by atoms with Gasteiger partial charge in [0.05, 0.1) is 18.2 Å². The Morgan fingerprint density at radius 2 is 1.86 bits per heavy atom. The van der Waals surface area contributed by atoms with Crippen LogP contribution in [0.5, 0.6) is 0 Å². The molecule has 0 bridgehead atoms. The predicted molar refractivity (Wildman–Crippen MR) is 133 cm³/mol. The number of fused-ring (bicyclic) bond motifs is 1. The molecule has 6 N–H and O–H groups in total. The highest BCUT2D eigenvalue weighted by Crippen LogP contribution is 2.57. The highest BCUT2D eigenvalue weighted by molar-refractivity contribution is 7.70. The highest BCUT2D eigenvalue weighted by Gasteiger charge is 2.48. The Morgan fingerprint density at radius 3 is 2.54 bits per heavy atom. The summed E-state index contributed by atoms with van der Waals surface area (Å²) >= 11 is 12.3. The summed E-state index contributed by atoms with van der Waals surface area (Å²) in [6, 6.07) is 6.33. The lowest BCUT2D eigenvalue weighted by molar-refractivity contribution is -0.0184. The van der Waals surface area contributed by atoms with Gasteiger partial charge in [0, 0.05) is 17.5 Å². The summed E-state index contributed by atoms with van der Waals surface area (Å²) in [6.07, 6.45) is -3.93. The van der Waals surface area contributed by atoms with Gasteiger partial charge in [-0.05, 0) is 36.6 Å². The van der Waals surface area contributed by atoms with Crippen molar-refractivity contribution in [3.05, 3.63) is 40.1 Å². The molecule has 0 saturated heterocycles. The van der Waals surface area contributed by atoms with Gasteiger partial charge in [-0.3, -0.25) is 9.13 Å². The fourth-order valence-corrected chi connectivity index (χ4v) is 7.50. The number of anilines is 1. The summed E-state index contributed by atoms with van der Waals surface area (Å²) in [5, 5.41) is 33.1. The van der Waals surface area contributed by atoms with E-state index in [1.54, 1.807) is 12.1 Å². The van der Waals surface area contributed by atoms with Crippen LogP contribution in [0.1, 0.15) is 24.9 Å². The molecule has 0 spiro atoms. The van der Waals surface area contributed by atoms with Crippen molar-refractivity contribution in [2.75, 3.05) is 11.2 Å². The zero-order chi connectivity index (χ0) is 27.1. The molecule has 2 heterocycles. The molecule has 1 aliphatic rings. The van der Waals surface area contributed by atoms with Crippen molar-refractivity contribution in [2.45, 2.75) is 44.2 Å². The zero-order valence-electron chi connectivity index (χ0n) is 19.2. The van der Waals surface area contributed by atoms with Crippen LogP contribution < -0.4 is 5.32 Å². The van der Waals surface area contributed by atoms with Crippen LogP contribution in [0, 0.1) is 5.92 Å². The van der Waals surface area contributed by atoms with Gasteiger partial charge < -0.3 is 34.7 Å². The van der Waals surface area contributed by atoms with Crippen LogP contribution >= 0.6 is 38.4 Å². The van der Waals surface area contributed by atoms with Crippen molar-refractivity contribution in [1.29, 1.82) is 0 Å². The molecule has 0 amide bonds. The molecule has 18 heteroatoms. The Morgan fingerprint density at radius 1 is 1.16 bits per heavy atom. The third-order valence-electron chi connectivity index (χ3n) is 6.01. The normalized spacial score (nSPS) is 24.8. The maximum Gasteiger partial charge on any atom is 0.340 e. The maximum absolute atomic E-state index is 12.2. The van der Waals surface area contributed by atoms with Crippen LogP contribution in [-0.4, -0.2) is 74.1 Å². The molecule has 3 aromatic rings. The van der Waals surface area contributed by atoms with Gasteiger partial charge in [-0.15, -0.1) is 5.10 Å². The van der Waals surface area contributed by atoms with E-state index < -0.39 is 51.4 Å². The van der Waals surface area contributed by atoms with Crippen molar-refractivity contribution in [2.24, 2.45) is 5.92 Å². The first kappa shape index (κ1) is 28.3. The largest absolute Gasteiger partial charge is 0.390 e. The Hall–Kier alpha value is -1.70. The first-order chi connectivity index (χ1) is 17.3. The third kappa shape index (κ3) is 6.48. The zero-order valence-corrected chi connectivity index (χ0v) is 22.5. The van der Waals surface area contributed by atoms with Crippen molar-refractivity contribution in [1.82, 2.24) is 25.0 Å². The number of hydrogen-bond acceptors (Lipinski definition) is 10. The van der Waals surface area contributed by atoms with Crippen LogP contribution in [-0.2, 0) is 20.2 Å². The van der Waals surface area contributed by atoms with Crippen LogP contribution in [0.15, 0.2) is 24.3 Å². The van der Waals surface area contributed by atoms with Crippen LogP contribution in [0.2, 0.25) is 10.3 Å². The monoisotopic (exact) mass is 596 g/mol. The van der Waals surface area contributed by atoms with E-state index in [-0.39, 0.29) is 28.7 Å². The number of hydrogen-bond donors (Lipinski definition) is 6. The molecule has 1 fully saturated rings. The van der Waals surface area contributed by atoms with E-state index in [0.29, 0.717) is 11.6 Å². The lowest BCUT2D eigenvalue weighted by atomic mass is 10.00. The van der Waals surface area contributed by atoms with Gasteiger partial charge >= 0.3 is 15.2 Å². The van der Waals surface area contributed by atoms with E-state index in [9.17, 15) is 24.2 Å². The molecule has 1 aliphatic carbocycles. The van der Waals surface area contributed by atoms with Gasteiger partial charge in [0.15, 0.2) is 22.9 Å². The van der Waals surface area contributed by atoms with Crippen LogP contribution in [0.25, 0.3) is 11.2 Å². The molecule has 0 radical (unpaired) electrons. The molecule has 6 atom stereocenters. The molecule has 1 aromatic carbocycles. The summed E-state index contributed by atoms with van der Waals surface area (Å²) in [4.78, 5) is 36.2. The first-order valence-electron chi connectivity index (χ1n) is 10.9. The number of nitrogens with zero attached hydrogens (tertiary/aromatic N) is 5. The van der Waals surface area contributed by atoms with Crippen LogP contribution in [0.4, 0.5) is 5.82 Å². The van der Waals surface area contributed by atoms with Crippen molar-refractivity contribution >= 4 is 55.4 Å². The van der Waals surface area contributed by atoms with Crippen molar-refractivity contribution < 1.29 is 38.5 Å². The molecular formula is C19H24Cl2N6O8P2. The summed E-state index contributed by atoms with van der Waals surface area (Å²) in [6.45, 7) is 1.66. The van der Waals surface area contributed by atoms with Gasteiger partial charge in [0.25, 0.3) is 0 Å². The molecular weight excluding hydrogens is 573 g/mol. The van der Waals surface area contributed by atoms with E-state index >= 15 is 0 Å². The van der Waals surface area contributed by atoms with Crippen molar-refractivity contribution in [3.63, 3.8) is 0 Å². The lowest BCUT2D eigenvalue weighted by Gasteiger charge is -2.25. The highest BCUT2D eigenvalue weighted by atomic mass is 35.5. The van der Waals surface area contributed by atoms with Gasteiger partial charge in [-0.2, -0.15) is 9.97 Å². The third-order valence-corrected chi connectivity index (χ3v) is 10.1. The maximum atomic E-state index is 12.2. The van der Waals surface area contributed by atoms with Crippen molar-refractivity contribution in [3.8, 4) is 0 Å². The van der Waals surface area contributed by atoms with E-state index in [4.69, 9.17) is 37.5 Å². The quantitative estimate of drug-likeness (QED) is 0.154. The summed E-state index contributed by atoms with van der Waals surface area (Å²) < 4.78 is 29.6. The van der Waals surface area contributed by atoms with Gasteiger partial charge in [0.2, 0.25) is 5.28 Å². The van der Waals surface area contributed by atoms with Crippen LogP contribution in [0.3, 0.4) is 0 Å². The number of nitrogens with one attached hydrogen (secondary N) is 1. The first-order valence-corrected chi connectivity index (χ1v) is 15.2. The molecule has 4 rings (SSSR count). The number of aromatic nitrogens is 5. The summed E-state index contributed by atoms with van der Waals surface area (Å²) in [5.41, 5.74) is 1.21. The standard InChI is InChI=1S/C19H24Cl2N6O8P2/c1-9(35-37(33,34)8-36(30,31)32)11-6-13(16(29)15(11)28)27-18-14(25-26-27)17(23-19(21)24-18)22-7-10-4-2-3-5-12(10)20/h2-5,9,11,13,15-16,28-29H,6-8H2,1H3,(H,33,34)(H,22,23,24)(H2,30,31,32)/t9-,11-,13-,15-,16+/m1/s1. The van der Waals surface area contributed by atoms with Gasteiger partial charge in [0.1, 0.15) is 6.10 Å². The Balaban J connectivity index is 1.56. The van der Waals surface area contributed by atoms with E-state index in [0.717, 1.165) is 5.56 Å². The molecule has 1 saturated carbocycles. The number of halogens is 2. The minimum atomic E-state index is -4.83. The topological polar surface area (TPSA) is 213 Å². The SMILES string of the molecule is C[C@@H](OP(=O)(O)CP(=O)(O)O)[C@H]1C[C@@H](n2nnc3c(NCc4ccccc4Cl)nc(Cl)nc32)[C@H](O)[C@@H]1O. The number of aliphatic hydroxyl groups is 2. The molecule has 0 aliphatic heterocycles. The van der Waals surface area contributed by atoms with Gasteiger partial charge in [-0.1, -0.05) is 35.0 Å². The Labute approximate surface area is 220 Å². The second-order valence-electron chi connectivity index (χ2n) is 8.69. The summed E-state index contributed by atoms with van der Waals surface area (Å²) in [5.74, 6) is -1.99. The molecule has 2 aromatic heterocycles. The lowest BCUT2D eigenvalue weighted by Crippen LogP contribution is -2.34. The second kappa shape index (κ2) is 10.8. The number of benzene rings is 1. The Kier molecular flexibility index (Phi) is 8.28. The number of aliphatic hydroxyl groups excluding tert-OH is 2. The van der Waals surface area contributed by atoms with Gasteiger partial charge in [-0.25, -0.2) is 4.68 Å². The Bertz CT molecular complexity index is 1390. The predicted octanol–water partition coefficient (Wildman–Crippen LogP) is 2.15. The fraction of sp³-hybridized carbons (Fsp3) is 0.474. The average Bonchev–Trinajstić information content (AvgIpc) is 3.32. The van der Waals surface area contributed by atoms with E-state index in [1.807, 2.05) is 12.1 Å². The molecule has 1 unspecified atom stereocenters. The minimum absolute atomic E-state index is 0.0158. The second-order valence-corrected chi connectivity index (χ2v) is 13.4. The van der Waals surface area contributed by atoms with E-state index in [2.05, 4.69) is 25.6 Å².